The SMILES string of the molecule is CCOc1ccc(N2C(=O)C[C@H](N3CCC[C@H](c4nc5ccccc5s4)C3)C2=O)cc1. The minimum Gasteiger partial charge on any atom is -0.494 e. The number of piperidine rings is 1. The van der Waals surface area contributed by atoms with Crippen molar-refractivity contribution in [3.63, 3.8) is 0 Å². The molecule has 0 aliphatic carbocycles. The van der Waals surface area contributed by atoms with Crippen molar-refractivity contribution in [2.75, 3.05) is 24.6 Å². The minimum atomic E-state index is -0.392. The molecule has 0 N–H and O–H groups in total. The summed E-state index contributed by atoms with van der Waals surface area (Å²) in [5, 5.41) is 1.13. The van der Waals surface area contributed by atoms with Gasteiger partial charge in [0.05, 0.1) is 40.0 Å². The second kappa shape index (κ2) is 8.40. The number of rotatable bonds is 5. The Bertz CT molecular complexity index is 1080. The minimum absolute atomic E-state index is 0.126. The van der Waals surface area contributed by atoms with E-state index in [1.165, 1.54) is 9.60 Å². The average Bonchev–Trinajstić information content (AvgIpc) is 3.35. The summed E-state index contributed by atoms with van der Waals surface area (Å²) in [4.78, 5) is 34.3. The molecule has 0 spiro atoms. The van der Waals surface area contributed by atoms with E-state index in [4.69, 9.17) is 9.72 Å². The summed E-state index contributed by atoms with van der Waals surface area (Å²) in [5.74, 6) is 0.769. The van der Waals surface area contributed by atoms with Crippen LogP contribution in [-0.2, 0) is 9.59 Å². The van der Waals surface area contributed by atoms with Crippen LogP contribution >= 0.6 is 11.3 Å². The van der Waals surface area contributed by atoms with Crippen molar-refractivity contribution in [1.29, 1.82) is 0 Å². The number of aromatic nitrogens is 1. The van der Waals surface area contributed by atoms with Crippen molar-refractivity contribution in [3.8, 4) is 5.75 Å². The molecule has 2 amide bonds. The van der Waals surface area contributed by atoms with Crippen LogP contribution in [0.5, 0.6) is 5.75 Å². The molecule has 3 heterocycles. The molecule has 160 valence electrons. The van der Waals surface area contributed by atoms with Crippen LogP contribution in [0.1, 0.15) is 37.1 Å². The third-order valence-electron chi connectivity index (χ3n) is 6.08. The lowest BCUT2D eigenvalue weighted by Gasteiger charge is -2.34. The molecule has 2 aliphatic rings. The maximum absolute atomic E-state index is 13.2. The quantitative estimate of drug-likeness (QED) is 0.562. The lowest BCUT2D eigenvalue weighted by Crippen LogP contribution is -2.46. The number of fused-ring (bicyclic) bond motifs is 1. The molecule has 6 nitrogen and oxygen atoms in total. The second-order valence-electron chi connectivity index (χ2n) is 8.07. The Hall–Kier alpha value is -2.77. The third kappa shape index (κ3) is 3.83. The maximum atomic E-state index is 13.2. The monoisotopic (exact) mass is 435 g/mol. The molecule has 0 unspecified atom stereocenters. The van der Waals surface area contributed by atoms with Crippen LogP contribution in [0.2, 0.25) is 0 Å². The van der Waals surface area contributed by atoms with Crippen LogP contribution in [0.15, 0.2) is 48.5 Å². The molecule has 2 fully saturated rings. The third-order valence-corrected chi connectivity index (χ3v) is 7.28. The number of imide groups is 1. The number of thiazole rings is 1. The van der Waals surface area contributed by atoms with E-state index in [-0.39, 0.29) is 18.2 Å². The zero-order valence-electron chi connectivity index (χ0n) is 17.5. The first-order valence-electron chi connectivity index (χ1n) is 10.8. The Morgan fingerprint density at radius 1 is 1.13 bits per heavy atom. The fraction of sp³-hybridized carbons (Fsp3) is 0.375. The lowest BCUT2D eigenvalue weighted by molar-refractivity contribution is -0.123. The summed E-state index contributed by atoms with van der Waals surface area (Å²) >= 11 is 1.74. The number of amides is 2. The highest BCUT2D eigenvalue weighted by Crippen LogP contribution is 2.35. The number of carbonyl (C=O) groups excluding carboxylic acids is 2. The predicted molar refractivity (Wildman–Crippen MR) is 122 cm³/mol. The summed E-state index contributed by atoms with van der Waals surface area (Å²) in [6, 6.07) is 15.0. The smallest absolute Gasteiger partial charge is 0.251 e. The van der Waals surface area contributed by atoms with Crippen LogP contribution in [-0.4, -0.2) is 47.4 Å². The first-order chi connectivity index (χ1) is 15.1. The van der Waals surface area contributed by atoms with Crippen LogP contribution in [0, 0.1) is 0 Å². The second-order valence-corrected chi connectivity index (χ2v) is 9.13. The van der Waals surface area contributed by atoms with Crippen LogP contribution < -0.4 is 9.64 Å². The fourth-order valence-corrected chi connectivity index (χ4v) is 5.68. The first kappa shape index (κ1) is 20.2. The highest BCUT2D eigenvalue weighted by atomic mass is 32.1. The van der Waals surface area contributed by atoms with Gasteiger partial charge in [-0.2, -0.15) is 0 Å². The Labute approximate surface area is 185 Å². The Kier molecular flexibility index (Phi) is 5.46. The van der Waals surface area contributed by atoms with E-state index in [1.54, 1.807) is 35.6 Å². The highest BCUT2D eigenvalue weighted by Gasteiger charge is 2.44. The van der Waals surface area contributed by atoms with Crippen molar-refractivity contribution in [3.05, 3.63) is 53.5 Å². The van der Waals surface area contributed by atoms with Gasteiger partial charge in [-0.25, -0.2) is 9.88 Å². The van der Waals surface area contributed by atoms with Gasteiger partial charge in [-0.1, -0.05) is 12.1 Å². The number of benzene rings is 2. The summed E-state index contributed by atoms with van der Waals surface area (Å²) in [6.45, 7) is 4.10. The van der Waals surface area contributed by atoms with E-state index in [0.717, 1.165) is 42.2 Å². The molecule has 2 aliphatic heterocycles. The number of carbonyl (C=O) groups is 2. The molecule has 7 heteroatoms. The zero-order valence-corrected chi connectivity index (χ0v) is 18.3. The van der Waals surface area contributed by atoms with Gasteiger partial charge < -0.3 is 4.74 Å². The summed E-state index contributed by atoms with van der Waals surface area (Å²) in [5.41, 5.74) is 1.65. The predicted octanol–water partition coefficient (Wildman–Crippen LogP) is 4.21. The normalized spacial score (nSPS) is 22.4. The van der Waals surface area contributed by atoms with Gasteiger partial charge >= 0.3 is 0 Å². The largest absolute Gasteiger partial charge is 0.494 e. The van der Waals surface area contributed by atoms with Crippen molar-refractivity contribution in [1.82, 2.24) is 9.88 Å². The van der Waals surface area contributed by atoms with E-state index in [0.29, 0.717) is 18.2 Å². The van der Waals surface area contributed by atoms with Gasteiger partial charge in [-0.3, -0.25) is 14.5 Å². The topological polar surface area (TPSA) is 62.7 Å². The van der Waals surface area contributed by atoms with Gasteiger partial charge in [-0.15, -0.1) is 11.3 Å². The van der Waals surface area contributed by atoms with Gasteiger partial charge in [0.2, 0.25) is 5.91 Å². The zero-order chi connectivity index (χ0) is 21.4. The molecule has 2 aromatic carbocycles. The van der Waals surface area contributed by atoms with Gasteiger partial charge in [-0.05, 0) is 62.7 Å². The molecule has 2 atom stereocenters. The number of likely N-dealkylation sites (tertiary alicyclic amines) is 1. The van der Waals surface area contributed by atoms with Gasteiger partial charge in [0.1, 0.15) is 5.75 Å². The van der Waals surface area contributed by atoms with Crippen molar-refractivity contribution >= 4 is 39.1 Å². The molecule has 2 saturated heterocycles. The molecule has 0 bridgehead atoms. The molecule has 0 saturated carbocycles. The molecular weight excluding hydrogens is 410 g/mol. The molecule has 1 aromatic heterocycles. The Balaban J connectivity index is 1.32. The number of hydrogen-bond acceptors (Lipinski definition) is 6. The summed E-state index contributed by atoms with van der Waals surface area (Å²) in [6.07, 6.45) is 2.30. The number of para-hydroxylation sites is 1. The van der Waals surface area contributed by atoms with Crippen LogP contribution in [0.25, 0.3) is 10.2 Å². The van der Waals surface area contributed by atoms with E-state index in [1.807, 2.05) is 25.1 Å². The maximum Gasteiger partial charge on any atom is 0.251 e. The Morgan fingerprint density at radius 2 is 1.94 bits per heavy atom. The molecule has 31 heavy (non-hydrogen) atoms. The molecular formula is C24H25N3O3S. The number of anilines is 1. The van der Waals surface area contributed by atoms with Crippen molar-refractivity contribution in [2.24, 2.45) is 0 Å². The molecule has 0 radical (unpaired) electrons. The summed E-state index contributed by atoms with van der Waals surface area (Å²) < 4.78 is 6.67. The van der Waals surface area contributed by atoms with E-state index >= 15 is 0 Å². The van der Waals surface area contributed by atoms with Crippen LogP contribution in [0.3, 0.4) is 0 Å². The molecule has 3 aromatic rings. The summed E-state index contributed by atoms with van der Waals surface area (Å²) in [7, 11) is 0. The number of ether oxygens (including phenoxy) is 1. The number of nitrogens with zero attached hydrogens (tertiary/aromatic N) is 3. The van der Waals surface area contributed by atoms with E-state index in [9.17, 15) is 9.59 Å². The standard InChI is InChI=1S/C24H25N3O3S/c1-2-30-18-11-9-17(10-12-18)27-22(28)14-20(24(27)29)26-13-5-6-16(15-26)23-25-19-7-3-4-8-21(19)31-23/h3-4,7-12,16,20H,2,5-6,13-15H2,1H3/t16-,20-/m0/s1. The number of hydrogen-bond donors (Lipinski definition) is 0. The van der Waals surface area contributed by atoms with E-state index in [2.05, 4.69) is 11.0 Å². The fourth-order valence-electron chi connectivity index (χ4n) is 4.59. The Morgan fingerprint density at radius 3 is 2.71 bits per heavy atom. The van der Waals surface area contributed by atoms with Crippen molar-refractivity contribution < 1.29 is 14.3 Å². The van der Waals surface area contributed by atoms with Gasteiger partial charge in [0, 0.05) is 12.5 Å². The molecule has 5 rings (SSSR count). The van der Waals surface area contributed by atoms with E-state index < -0.39 is 6.04 Å². The first-order valence-corrected chi connectivity index (χ1v) is 11.6. The van der Waals surface area contributed by atoms with Gasteiger partial charge in [0.15, 0.2) is 0 Å². The van der Waals surface area contributed by atoms with Crippen molar-refractivity contribution in [2.45, 2.75) is 38.1 Å². The van der Waals surface area contributed by atoms with Gasteiger partial charge in [0.25, 0.3) is 5.91 Å². The van der Waals surface area contributed by atoms with Crippen LogP contribution in [0.4, 0.5) is 5.69 Å². The lowest BCUT2D eigenvalue weighted by atomic mass is 9.97. The highest BCUT2D eigenvalue weighted by molar-refractivity contribution is 7.18. The average molecular weight is 436 g/mol.